The maximum atomic E-state index is 10.1. The molecule has 0 spiro atoms. The van der Waals surface area contributed by atoms with E-state index in [0.29, 0.717) is 17.0 Å². The summed E-state index contributed by atoms with van der Waals surface area (Å²) in [4.78, 5) is 12.1. The summed E-state index contributed by atoms with van der Waals surface area (Å²) in [6.45, 7) is 1.82. The third-order valence-electron chi connectivity index (χ3n) is 3.24. The fourth-order valence-corrected chi connectivity index (χ4v) is 2.15. The van der Waals surface area contributed by atoms with E-state index in [-0.39, 0.29) is 6.10 Å². The van der Waals surface area contributed by atoms with E-state index in [4.69, 9.17) is 16.2 Å². The van der Waals surface area contributed by atoms with Crippen LogP contribution in [0.4, 0.5) is 5.82 Å². The van der Waals surface area contributed by atoms with Crippen molar-refractivity contribution in [3.05, 3.63) is 12.7 Å². The molecule has 0 unspecified atom stereocenters. The van der Waals surface area contributed by atoms with Crippen molar-refractivity contribution in [2.45, 2.75) is 31.4 Å². The predicted molar refractivity (Wildman–Crippen MR) is 63.3 cm³/mol. The van der Waals surface area contributed by atoms with Gasteiger partial charge in [0, 0.05) is 0 Å². The molecule has 5 N–H and O–H groups in total. The van der Waals surface area contributed by atoms with Crippen LogP contribution in [0.5, 0.6) is 0 Å². The predicted octanol–water partition coefficient (Wildman–Crippen LogP) is -0.986. The van der Waals surface area contributed by atoms with Gasteiger partial charge in [-0.2, -0.15) is 0 Å². The number of aliphatic hydroxyl groups excluding tert-OH is 1. The maximum absolute atomic E-state index is 10.1. The maximum Gasteiger partial charge on any atom is 0.167 e. The van der Waals surface area contributed by atoms with Crippen LogP contribution in [0.3, 0.4) is 0 Å². The lowest BCUT2D eigenvalue weighted by Gasteiger charge is -2.16. The van der Waals surface area contributed by atoms with Crippen LogP contribution in [0.25, 0.3) is 11.2 Å². The van der Waals surface area contributed by atoms with Gasteiger partial charge in [0.05, 0.1) is 18.5 Å². The van der Waals surface area contributed by atoms with Crippen molar-refractivity contribution in [2.24, 2.45) is 5.73 Å². The summed E-state index contributed by atoms with van der Waals surface area (Å²) in [6, 6.07) is -0.438. The number of aliphatic hydroxyl groups is 1. The van der Waals surface area contributed by atoms with Crippen molar-refractivity contribution >= 4 is 17.0 Å². The van der Waals surface area contributed by atoms with E-state index in [1.807, 2.05) is 6.92 Å². The Morgan fingerprint density at radius 3 is 2.83 bits per heavy atom. The van der Waals surface area contributed by atoms with Gasteiger partial charge in [-0.15, -0.1) is 0 Å². The van der Waals surface area contributed by atoms with Gasteiger partial charge in [0.25, 0.3) is 0 Å². The van der Waals surface area contributed by atoms with E-state index >= 15 is 0 Å². The molecule has 0 amide bonds. The van der Waals surface area contributed by atoms with Crippen molar-refractivity contribution in [3.8, 4) is 0 Å². The van der Waals surface area contributed by atoms with Crippen LogP contribution >= 0.6 is 0 Å². The van der Waals surface area contributed by atoms with E-state index in [1.54, 1.807) is 4.57 Å². The average Bonchev–Trinajstić information content (AvgIpc) is 2.88. The Hall–Kier alpha value is -1.77. The van der Waals surface area contributed by atoms with Crippen molar-refractivity contribution in [3.63, 3.8) is 0 Å². The van der Waals surface area contributed by atoms with Crippen molar-refractivity contribution in [1.29, 1.82) is 0 Å². The number of nitrogens with zero attached hydrogens (tertiary/aromatic N) is 4. The van der Waals surface area contributed by atoms with Crippen LogP contribution in [-0.4, -0.2) is 42.9 Å². The topological polar surface area (TPSA) is 125 Å². The van der Waals surface area contributed by atoms with E-state index < -0.39 is 18.4 Å². The number of rotatable bonds is 1. The molecule has 2 aromatic rings. The molecule has 2 aromatic heterocycles. The zero-order valence-corrected chi connectivity index (χ0v) is 9.76. The monoisotopic (exact) mass is 250 g/mol. The number of nitrogen functional groups attached to an aromatic ring is 1. The molecule has 0 aliphatic carbocycles. The van der Waals surface area contributed by atoms with Gasteiger partial charge in [-0.3, -0.25) is 4.57 Å². The Morgan fingerprint density at radius 2 is 2.17 bits per heavy atom. The zero-order chi connectivity index (χ0) is 12.9. The minimum Gasteiger partial charge on any atom is -0.387 e. The van der Waals surface area contributed by atoms with Crippen molar-refractivity contribution in [2.75, 3.05) is 5.73 Å². The van der Waals surface area contributed by atoms with Gasteiger partial charge in [-0.25, -0.2) is 15.0 Å². The summed E-state index contributed by atoms with van der Waals surface area (Å²) < 4.78 is 7.25. The van der Waals surface area contributed by atoms with E-state index in [2.05, 4.69) is 15.0 Å². The molecule has 1 aliphatic rings. The second-order valence-electron chi connectivity index (χ2n) is 4.38. The molecule has 3 rings (SSSR count). The molecule has 0 aromatic carbocycles. The van der Waals surface area contributed by atoms with Crippen LogP contribution in [0.2, 0.25) is 0 Å². The summed E-state index contributed by atoms with van der Waals surface area (Å²) in [5, 5.41) is 10.1. The Balaban J connectivity index is 2.08. The fraction of sp³-hybridized carbons (Fsp3) is 0.500. The van der Waals surface area contributed by atoms with Crippen molar-refractivity contribution < 1.29 is 9.84 Å². The van der Waals surface area contributed by atoms with Crippen LogP contribution in [0, 0.1) is 0 Å². The lowest BCUT2D eigenvalue weighted by Crippen LogP contribution is -2.38. The first-order valence-corrected chi connectivity index (χ1v) is 5.61. The molecule has 4 atom stereocenters. The molecule has 8 heteroatoms. The summed E-state index contributed by atoms with van der Waals surface area (Å²) >= 11 is 0. The molecule has 3 heterocycles. The Morgan fingerprint density at radius 1 is 1.39 bits per heavy atom. The largest absolute Gasteiger partial charge is 0.387 e. The summed E-state index contributed by atoms with van der Waals surface area (Å²) in [5.74, 6) is 0.295. The highest BCUT2D eigenvalue weighted by Crippen LogP contribution is 2.30. The molecular formula is C10H14N6O2. The normalized spacial score (nSPS) is 32.2. The molecule has 96 valence electrons. The molecule has 1 saturated heterocycles. The van der Waals surface area contributed by atoms with Crippen molar-refractivity contribution in [1.82, 2.24) is 19.5 Å². The quantitative estimate of drug-likeness (QED) is 0.593. The second kappa shape index (κ2) is 3.87. The number of ether oxygens (including phenoxy) is 1. The summed E-state index contributed by atoms with van der Waals surface area (Å²) in [6.07, 6.45) is 1.22. The highest BCUT2D eigenvalue weighted by molar-refractivity contribution is 5.81. The molecule has 0 saturated carbocycles. The lowest BCUT2D eigenvalue weighted by molar-refractivity contribution is -0.0297. The molecular weight excluding hydrogens is 236 g/mol. The Kier molecular flexibility index (Phi) is 2.44. The van der Waals surface area contributed by atoms with Crippen LogP contribution in [0.1, 0.15) is 13.2 Å². The number of fused-ring (bicyclic) bond motifs is 1. The first-order chi connectivity index (χ1) is 8.59. The third-order valence-corrected chi connectivity index (χ3v) is 3.24. The smallest absolute Gasteiger partial charge is 0.167 e. The van der Waals surface area contributed by atoms with E-state index in [9.17, 15) is 5.11 Å². The molecule has 0 bridgehead atoms. The zero-order valence-electron chi connectivity index (χ0n) is 9.76. The number of anilines is 1. The number of nitrogens with two attached hydrogens (primary N) is 2. The highest BCUT2D eigenvalue weighted by Gasteiger charge is 2.40. The first-order valence-electron chi connectivity index (χ1n) is 5.61. The third kappa shape index (κ3) is 1.47. The van der Waals surface area contributed by atoms with Gasteiger partial charge in [-0.05, 0) is 6.92 Å². The number of hydrogen-bond acceptors (Lipinski definition) is 7. The molecule has 1 aliphatic heterocycles. The Labute approximate surface area is 103 Å². The Bertz CT molecular complexity index is 585. The second-order valence-corrected chi connectivity index (χ2v) is 4.38. The minimum absolute atomic E-state index is 0.235. The van der Waals surface area contributed by atoms with Gasteiger partial charge < -0.3 is 21.3 Å². The number of hydrogen-bond donors (Lipinski definition) is 3. The summed E-state index contributed by atoms with van der Waals surface area (Å²) in [7, 11) is 0. The highest BCUT2D eigenvalue weighted by atomic mass is 16.5. The van der Waals surface area contributed by atoms with Gasteiger partial charge in [-0.1, -0.05) is 0 Å². The standard InChI is InChI=1S/C10H14N6O2/c1-4-5(11)7(17)10(18-4)16-3-15-6-8(12)13-2-14-9(6)16/h2-5,7,10,17H,11H2,1H3,(H2,12,13,14)/t4-,5-,7+,10-/m1/s1. The number of imidazole rings is 1. The first kappa shape index (κ1) is 11.3. The molecule has 18 heavy (non-hydrogen) atoms. The van der Waals surface area contributed by atoms with Crippen LogP contribution in [0.15, 0.2) is 12.7 Å². The van der Waals surface area contributed by atoms with Gasteiger partial charge in [0.1, 0.15) is 17.9 Å². The SMILES string of the molecule is C[C@H]1O[C@@H](n2cnc3c(N)ncnc32)[C@@H](O)[C@@H]1N. The van der Waals surface area contributed by atoms with Gasteiger partial charge in [0.15, 0.2) is 17.7 Å². The van der Waals surface area contributed by atoms with Gasteiger partial charge in [0.2, 0.25) is 0 Å². The average molecular weight is 250 g/mol. The van der Waals surface area contributed by atoms with E-state index in [1.165, 1.54) is 12.7 Å². The summed E-state index contributed by atoms with van der Waals surface area (Å²) in [5.41, 5.74) is 12.5. The number of aromatic nitrogens is 4. The fourth-order valence-electron chi connectivity index (χ4n) is 2.15. The van der Waals surface area contributed by atoms with Crippen LogP contribution in [-0.2, 0) is 4.74 Å². The lowest BCUT2D eigenvalue weighted by atomic mass is 10.1. The molecule has 0 radical (unpaired) electrons. The van der Waals surface area contributed by atoms with Crippen LogP contribution < -0.4 is 11.5 Å². The van der Waals surface area contributed by atoms with Gasteiger partial charge >= 0.3 is 0 Å². The van der Waals surface area contributed by atoms with E-state index in [0.717, 1.165) is 0 Å². The molecule has 1 fully saturated rings. The molecule has 8 nitrogen and oxygen atoms in total. The minimum atomic E-state index is -0.811.